The highest BCUT2D eigenvalue weighted by atomic mass is 32.2. The zero-order valence-electron chi connectivity index (χ0n) is 11.4. The highest BCUT2D eigenvalue weighted by Gasteiger charge is 2.16. The second-order valence-corrected chi connectivity index (χ2v) is 5.98. The Morgan fingerprint density at radius 1 is 1.30 bits per heavy atom. The van der Waals surface area contributed by atoms with E-state index in [0.717, 1.165) is 6.42 Å². The van der Waals surface area contributed by atoms with Gasteiger partial charge < -0.3 is 9.30 Å². The molecule has 1 aromatic carbocycles. The van der Waals surface area contributed by atoms with Crippen molar-refractivity contribution in [2.75, 3.05) is 11.3 Å². The van der Waals surface area contributed by atoms with E-state index >= 15 is 0 Å². The summed E-state index contributed by atoms with van der Waals surface area (Å²) in [5.41, 5.74) is 0.472. The zero-order valence-corrected chi connectivity index (χ0v) is 12.2. The number of nitrogens with one attached hydrogen (secondary N) is 1. The maximum absolute atomic E-state index is 12.1. The van der Waals surface area contributed by atoms with E-state index in [4.69, 9.17) is 4.74 Å². The predicted octanol–water partition coefficient (Wildman–Crippen LogP) is 2.01. The number of rotatable bonds is 6. The summed E-state index contributed by atoms with van der Waals surface area (Å²) in [4.78, 5) is 3.83. The molecule has 0 radical (unpaired) electrons. The van der Waals surface area contributed by atoms with Gasteiger partial charge in [0.25, 0.3) is 10.0 Å². The van der Waals surface area contributed by atoms with Crippen molar-refractivity contribution in [3.8, 4) is 5.75 Å². The Hall–Kier alpha value is -2.02. The Morgan fingerprint density at radius 3 is 2.55 bits per heavy atom. The number of hydrogen-bond donors (Lipinski definition) is 1. The quantitative estimate of drug-likeness (QED) is 0.884. The first-order valence-corrected chi connectivity index (χ1v) is 7.73. The molecule has 2 rings (SSSR count). The van der Waals surface area contributed by atoms with Crippen LogP contribution in [-0.2, 0) is 17.1 Å². The van der Waals surface area contributed by atoms with Gasteiger partial charge in [0, 0.05) is 18.9 Å². The van der Waals surface area contributed by atoms with Gasteiger partial charge in [0.05, 0.1) is 12.9 Å². The Morgan fingerprint density at radius 2 is 2.00 bits per heavy atom. The molecular weight excluding hydrogens is 278 g/mol. The average molecular weight is 295 g/mol. The number of aryl methyl sites for hydroxylation is 1. The van der Waals surface area contributed by atoms with Crippen molar-refractivity contribution in [3.63, 3.8) is 0 Å². The van der Waals surface area contributed by atoms with Crippen LogP contribution in [0.3, 0.4) is 0 Å². The third kappa shape index (κ3) is 3.51. The number of anilines is 1. The van der Waals surface area contributed by atoms with Gasteiger partial charge in [-0.2, -0.15) is 8.42 Å². The molecule has 2 aromatic rings. The molecule has 1 N–H and O–H groups in total. The third-order valence-electron chi connectivity index (χ3n) is 2.54. The van der Waals surface area contributed by atoms with Crippen molar-refractivity contribution in [1.82, 2.24) is 9.55 Å². The van der Waals surface area contributed by atoms with E-state index < -0.39 is 10.0 Å². The first-order valence-electron chi connectivity index (χ1n) is 6.25. The zero-order chi connectivity index (χ0) is 14.6. The minimum Gasteiger partial charge on any atom is -0.494 e. The van der Waals surface area contributed by atoms with Crippen molar-refractivity contribution in [2.45, 2.75) is 18.4 Å². The molecule has 0 aliphatic heterocycles. The molecular formula is C13H17N3O3S. The smallest absolute Gasteiger partial charge is 0.280 e. The van der Waals surface area contributed by atoms with E-state index in [2.05, 4.69) is 9.71 Å². The SMILES string of the molecule is CCCOc1ccc(NS(=O)(=O)c2cn(C)cn2)cc1. The molecule has 1 heterocycles. The van der Waals surface area contributed by atoms with Crippen LogP contribution in [0.1, 0.15) is 13.3 Å². The highest BCUT2D eigenvalue weighted by Crippen LogP contribution is 2.18. The summed E-state index contributed by atoms with van der Waals surface area (Å²) in [6.07, 6.45) is 3.81. The van der Waals surface area contributed by atoms with Crippen LogP contribution in [0.2, 0.25) is 0 Å². The molecule has 0 spiro atoms. The fraction of sp³-hybridized carbons (Fsp3) is 0.308. The van der Waals surface area contributed by atoms with Crippen molar-refractivity contribution in [1.29, 1.82) is 0 Å². The summed E-state index contributed by atoms with van der Waals surface area (Å²) < 4.78 is 33.6. The van der Waals surface area contributed by atoms with Crippen molar-refractivity contribution in [2.24, 2.45) is 7.05 Å². The van der Waals surface area contributed by atoms with Gasteiger partial charge in [-0.25, -0.2) is 4.98 Å². The molecule has 7 heteroatoms. The lowest BCUT2D eigenvalue weighted by Gasteiger charge is -2.08. The van der Waals surface area contributed by atoms with Crippen LogP contribution in [0.15, 0.2) is 41.8 Å². The van der Waals surface area contributed by atoms with Gasteiger partial charge in [-0.1, -0.05) is 6.92 Å². The normalized spacial score (nSPS) is 11.3. The molecule has 0 aliphatic rings. The third-order valence-corrected chi connectivity index (χ3v) is 3.80. The Bertz CT molecular complexity index is 662. The van der Waals surface area contributed by atoms with E-state index in [9.17, 15) is 8.42 Å². The Balaban J connectivity index is 2.09. The summed E-state index contributed by atoms with van der Waals surface area (Å²) in [5, 5.41) is -0.00805. The fourth-order valence-corrected chi connectivity index (χ4v) is 2.62. The summed E-state index contributed by atoms with van der Waals surface area (Å²) in [6, 6.07) is 6.77. The lowest BCUT2D eigenvalue weighted by atomic mass is 10.3. The topological polar surface area (TPSA) is 73.2 Å². The highest BCUT2D eigenvalue weighted by molar-refractivity contribution is 7.92. The van der Waals surface area contributed by atoms with Crippen LogP contribution < -0.4 is 9.46 Å². The predicted molar refractivity (Wildman–Crippen MR) is 76.2 cm³/mol. The number of ether oxygens (including phenoxy) is 1. The standard InChI is InChI=1S/C13H17N3O3S/c1-3-8-19-12-6-4-11(5-7-12)15-20(17,18)13-9-16(2)10-14-13/h4-7,9-10,15H,3,8H2,1-2H3. The number of aromatic nitrogens is 2. The second kappa shape index (κ2) is 5.96. The molecule has 1 aromatic heterocycles. The minimum absolute atomic E-state index is 0.00805. The molecule has 108 valence electrons. The maximum Gasteiger partial charge on any atom is 0.280 e. The van der Waals surface area contributed by atoms with Gasteiger partial charge in [0.2, 0.25) is 0 Å². The number of nitrogens with zero attached hydrogens (tertiary/aromatic N) is 2. The lowest BCUT2D eigenvalue weighted by molar-refractivity contribution is 0.317. The van der Waals surface area contributed by atoms with E-state index in [0.29, 0.717) is 18.0 Å². The first-order chi connectivity index (χ1) is 9.51. The number of sulfonamides is 1. The van der Waals surface area contributed by atoms with Crippen molar-refractivity contribution >= 4 is 15.7 Å². The van der Waals surface area contributed by atoms with Crippen LogP contribution in [-0.4, -0.2) is 24.6 Å². The first kappa shape index (κ1) is 14.4. The van der Waals surface area contributed by atoms with Crippen molar-refractivity contribution in [3.05, 3.63) is 36.8 Å². The molecule has 0 aliphatic carbocycles. The van der Waals surface area contributed by atoms with Crippen LogP contribution in [0.25, 0.3) is 0 Å². The lowest BCUT2D eigenvalue weighted by Crippen LogP contribution is -2.13. The summed E-state index contributed by atoms with van der Waals surface area (Å²) in [7, 11) is -1.93. The van der Waals surface area contributed by atoms with Gasteiger partial charge in [0.1, 0.15) is 5.75 Å². The number of benzene rings is 1. The molecule has 0 saturated carbocycles. The largest absolute Gasteiger partial charge is 0.494 e. The van der Waals surface area contributed by atoms with Crippen LogP contribution in [0.4, 0.5) is 5.69 Å². The van der Waals surface area contributed by atoms with E-state index in [-0.39, 0.29) is 5.03 Å². The van der Waals surface area contributed by atoms with Crippen LogP contribution >= 0.6 is 0 Å². The Labute approximate surface area is 118 Å². The Kier molecular flexibility index (Phi) is 4.29. The maximum atomic E-state index is 12.1. The molecule has 0 fully saturated rings. The molecule has 0 unspecified atom stereocenters. The van der Waals surface area contributed by atoms with Crippen LogP contribution in [0.5, 0.6) is 5.75 Å². The van der Waals surface area contributed by atoms with E-state index in [1.165, 1.54) is 12.5 Å². The summed E-state index contributed by atoms with van der Waals surface area (Å²) in [5.74, 6) is 0.715. The number of imidazole rings is 1. The van der Waals surface area contributed by atoms with E-state index in [1.54, 1.807) is 35.9 Å². The summed E-state index contributed by atoms with van der Waals surface area (Å²) >= 11 is 0. The fourth-order valence-electron chi connectivity index (χ4n) is 1.57. The molecule has 6 nitrogen and oxygen atoms in total. The molecule has 20 heavy (non-hydrogen) atoms. The summed E-state index contributed by atoms with van der Waals surface area (Å²) in [6.45, 7) is 2.66. The molecule has 0 saturated heterocycles. The monoisotopic (exact) mass is 295 g/mol. The minimum atomic E-state index is -3.65. The van der Waals surface area contributed by atoms with Gasteiger partial charge in [-0.15, -0.1) is 0 Å². The molecule has 0 amide bonds. The number of hydrogen-bond acceptors (Lipinski definition) is 4. The molecule has 0 bridgehead atoms. The van der Waals surface area contributed by atoms with Gasteiger partial charge >= 0.3 is 0 Å². The van der Waals surface area contributed by atoms with Crippen LogP contribution in [0, 0.1) is 0 Å². The van der Waals surface area contributed by atoms with Gasteiger partial charge in [-0.05, 0) is 30.7 Å². The van der Waals surface area contributed by atoms with Gasteiger partial charge in [-0.3, -0.25) is 4.72 Å². The second-order valence-electron chi connectivity index (χ2n) is 4.36. The van der Waals surface area contributed by atoms with Crippen molar-refractivity contribution < 1.29 is 13.2 Å². The van der Waals surface area contributed by atoms with Gasteiger partial charge in [0.15, 0.2) is 5.03 Å². The average Bonchev–Trinajstić information content (AvgIpc) is 2.85. The molecule has 0 atom stereocenters. The van der Waals surface area contributed by atoms with E-state index in [1.807, 2.05) is 6.92 Å².